The fraction of sp³-hybridized carbons (Fsp3) is 0.524. The molecule has 138 valence electrons. The van der Waals surface area contributed by atoms with E-state index in [-0.39, 0.29) is 11.8 Å². The van der Waals surface area contributed by atoms with Crippen molar-refractivity contribution < 1.29 is 4.79 Å². The smallest absolute Gasteiger partial charge is 0.223 e. The van der Waals surface area contributed by atoms with Gasteiger partial charge in [0.15, 0.2) is 0 Å². The SMILES string of the molecule is NC1C2CCCC1CC(C(=O)NCCc1ccc(-n3cccn3)cc1)C2. The lowest BCUT2D eigenvalue weighted by atomic mass is 9.65. The molecule has 0 saturated heterocycles. The quantitative estimate of drug-likeness (QED) is 0.869. The van der Waals surface area contributed by atoms with Crippen molar-refractivity contribution in [3.8, 4) is 5.69 Å². The third-order valence-electron chi connectivity index (χ3n) is 6.20. The number of carbonyl (C=O) groups is 1. The lowest BCUT2D eigenvalue weighted by Gasteiger charge is -2.43. The van der Waals surface area contributed by atoms with Gasteiger partial charge in [-0.05, 0) is 67.7 Å². The molecule has 26 heavy (non-hydrogen) atoms. The van der Waals surface area contributed by atoms with Gasteiger partial charge < -0.3 is 11.1 Å². The molecule has 2 aromatic rings. The van der Waals surface area contributed by atoms with Crippen molar-refractivity contribution in [1.29, 1.82) is 0 Å². The molecular weight excluding hydrogens is 324 g/mol. The summed E-state index contributed by atoms with van der Waals surface area (Å²) in [5, 5.41) is 7.38. The molecule has 0 aliphatic heterocycles. The van der Waals surface area contributed by atoms with E-state index in [1.165, 1.54) is 24.8 Å². The summed E-state index contributed by atoms with van der Waals surface area (Å²) in [6, 6.07) is 10.6. The van der Waals surface area contributed by atoms with Crippen molar-refractivity contribution in [2.45, 2.75) is 44.6 Å². The molecule has 5 heteroatoms. The molecule has 2 aliphatic rings. The molecular formula is C21H28N4O. The van der Waals surface area contributed by atoms with Crippen molar-refractivity contribution in [3.63, 3.8) is 0 Å². The Morgan fingerprint density at radius 1 is 1.19 bits per heavy atom. The van der Waals surface area contributed by atoms with Gasteiger partial charge >= 0.3 is 0 Å². The summed E-state index contributed by atoms with van der Waals surface area (Å²) >= 11 is 0. The van der Waals surface area contributed by atoms with Gasteiger partial charge in [0, 0.05) is 30.9 Å². The minimum Gasteiger partial charge on any atom is -0.356 e. The molecule has 2 fully saturated rings. The predicted octanol–water partition coefficient (Wildman–Crippen LogP) is 2.68. The van der Waals surface area contributed by atoms with Crippen molar-refractivity contribution in [3.05, 3.63) is 48.3 Å². The number of amides is 1. The first-order valence-corrected chi connectivity index (χ1v) is 9.83. The number of fused-ring (bicyclic) bond motifs is 2. The van der Waals surface area contributed by atoms with Crippen LogP contribution in [0.15, 0.2) is 42.7 Å². The molecule has 2 atom stereocenters. The van der Waals surface area contributed by atoms with E-state index in [0.717, 1.165) is 24.9 Å². The molecule has 2 bridgehead atoms. The van der Waals surface area contributed by atoms with Gasteiger partial charge in [-0.25, -0.2) is 4.68 Å². The van der Waals surface area contributed by atoms with Gasteiger partial charge in [0.2, 0.25) is 5.91 Å². The van der Waals surface area contributed by atoms with E-state index >= 15 is 0 Å². The van der Waals surface area contributed by atoms with Gasteiger partial charge in [-0.15, -0.1) is 0 Å². The van der Waals surface area contributed by atoms with Crippen molar-refractivity contribution in [1.82, 2.24) is 15.1 Å². The number of hydrogen-bond donors (Lipinski definition) is 2. The first kappa shape index (κ1) is 17.3. The fourth-order valence-corrected chi connectivity index (χ4v) is 4.71. The molecule has 5 nitrogen and oxygen atoms in total. The third-order valence-corrected chi connectivity index (χ3v) is 6.20. The Bertz CT molecular complexity index is 711. The second kappa shape index (κ2) is 7.62. The molecule has 1 amide bonds. The molecule has 0 radical (unpaired) electrons. The lowest BCUT2D eigenvalue weighted by molar-refractivity contribution is -0.127. The predicted molar refractivity (Wildman–Crippen MR) is 102 cm³/mol. The molecule has 2 aliphatic carbocycles. The molecule has 0 spiro atoms. The van der Waals surface area contributed by atoms with E-state index in [9.17, 15) is 4.79 Å². The summed E-state index contributed by atoms with van der Waals surface area (Å²) < 4.78 is 1.84. The van der Waals surface area contributed by atoms with Crippen LogP contribution in [0.3, 0.4) is 0 Å². The number of hydrogen-bond acceptors (Lipinski definition) is 3. The molecule has 1 heterocycles. The molecule has 3 N–H and O–H groups in total. The third kappa shape index (κ3) is 3.68. The fourth-order valence-electron chi connectivity index (χ4n) is 4.71. The number of benzene rings is 1. The van der Waals surface area contributed by atoms with Crippen molar-refractivity contribution >= 4 is 5.91 Å². The highest BCUT2D eigenvalue weighted by Crippen LogP contribution is 2.41. The molecule has 1 aromatic heterocycles. The summed E-state index contributed by atoms with van der Waals surface area (Å²) in [5.74, 6) is 1.48. The maximum absolute atomic E-state index is 12.6. The van der Waals surface area contributed by atoms with Crippen LogP contribution >= 0.6 is 0 Å². The Morgan fingerprint density at radius 2 is 1.92 bits per heavy atom. The van der Waals surface area contributed by atoms with Crippen LogP contribution in [0.2, 0.25) is 0 Å². The number of rotatable bonds is 5. The number of carbonyl (C=O) groups excluding carboxylic acids is 1. The molecule has 4 rings (SSSR count). The number of nitrogens with two attached hydrogens (primary N) is 1. The Labute approximate surface area is 155 Å². The summed E-state index contributed by atoms with van der Waals surface area (Å²) in [6.07, 6.45) is 10.2. The van der Waals surface area contributed by atoms with Crippen LogP contribution in [0, 0.1) is 17.8 Å². The van der Waals surface area contributed by atoms with Gasteiger partial charge in [0.1, 0.15) is 0 Å². The van der Waals surface area contributed by atoms with Crippen LogP contribution in [-0.4, -0.2) is 28.3 Å². The van der Waals surface area contributed by atoms with Gasteiger partial charge in [-0.2, -0.15) is 5.10 Å². The van der Waals surface area contributed by atoms with Gasteiger partial charge in [0.05, 0.1) is 5.69 Å². The summed E-state index contributed by atoms with van der Waals surface area (Å²) in [4.78, 5) is 12.6. The Morgan fingerprint density at radius 3 is 2.58 bits per heavy atom. The Kier molecular flexibility index (Phi) is 5.07. The summed E-state index contributed by atoms with van der Waals surface area (Å²) in [7, 11) is 0. The van der Waals surface area contributed by atoms with Crippen LogP contribution in [0.25, 0.3) is 5.69 Å². The number of nitrogens with zero attached hydrogens (tertiary/aromatic N) is 2. The molecule has 1 aromatic carbocycles. The van der Waals surface area contributed by atoms with Gasteiger partial charge in [-0.3, -0.25) is 4.79 Å². The standard InChI is InChI=1S/C21H28N4O/c22-20-16-3-1-4-17(20)14-18(13-16)21(26)23-11-9-15-5-7-19(8-6-15)25-12-2-10-24-25/h2,5-8,10,12,16-18,20H,1,3-4,9,11,13-14,22H2,(H,23,26). The highest BCUT2D eigenvalue weighted by molar-refractivity contribution is 5.78. The molecule has 2 unspecified atom stereocenters. The minimum absolute atomic E-state index is 0.160. The summed E-state index contributed by atoms with van der Waals surface area (Å²) in [5.41, 5.74) is 8.61. The topological polar surface area (TPSA) is 72.9 Å². The van der Waals surface area contributed by atoms with E-state index in [1.807, 2.05) is 16.9 Å². The van der Waals surface area contributed by atoms with Crippen molar-refractivity contribution in [2.24, 2.45) is 23.5 Å². The Balaban J connectivity index is 1.26. The zero-order chi connectivity index (χ0) is 17.9. The zero-order valence-electron chi connectivity index (χ0n) is 15.2. The lowest BCUT2D eigenvalue weighted by Crippen LogP contribution is -2.49. The van der Waals surface area contributed by atoms with E-state index < -0.39 is 0 Å². The first-order chi connectivity index (χ1) is 12.7. The van der Waals surface area contributed by atoms with E-state index in [4.69, 9.17) is 5.73 Å². The van der Waals surface area contributed by atoms with E-state index in [2.05, 4.69) is 34.7 Å². The normalized spacial score (nSPS) is 27.9. The first-order valence-electron chi connectivity index (χ1n) is 9.83. The number of aromatic nitrogens is 2. The Hall–Kier alpha value is -2.14. The second-order valence-corrected chi connectivity index (χ2v) is 7.85. The highest BCUT2D eigenvalue weighted by atomic mass is 16.1. The van der Waals surface area contributed by atoms with E-state index in [1.54, 1.807) is 6.20 Å². The average molecular weight is 352 g/mol. The van der Waals surface area contributed by atoms with Gasteiger partial charge in [-0.1, -0.05) is 18.6 Å². The maximum atomic E-state index is 12.6. The van der Waals surface area contributed by atoms with Crippen LogP contribution in [-0.2, 0) is 11.2 Å². The monoisotopic (exact) mass is 352 g/mol. The van der Waals surface area contributed by atoms with Crippen LogP contribution in [0.4, 0.5) is 0 Å². The summed E-state index contributed by atoms with van der Waals surface area (Å²) in [6.45, 7) is 0.692. The zero-order valence-corrected chi connectivity index (χ0v) is 15.2. The molecule has 2 saturated carbocycles. The van der Waals surface area contributed by atoms with Crippen molar-refractivity contribution in [2.75, 3.05) is 6.54 Å². The van der Waals surface area contributed by atoms with Crippen LogP contribution < -0.4 is 11.1 Å². The van der Waals surface area contributed by atoms with Gasteiger partial charge in [0.25, 0.3) is 0 Å². The second-order valence-electron chi connectivity index (χ2n) is 7.85. The van der Waals surface area contributed by atoms with Crippen LogP contribution in [0.1, 0.15) is 37.7 Å². The van der Waals surface area contributed by atoms with E-state index in [0.29, 0.717) is 24.4 Å². The highest BCUT2D eigenvalue weighted by Gasteiger charge is 2.40. The largest absolute Gasteiger partial charge is 0.356 e. The van der Waals surface area contributed by atoms with Crippen LogP contribution in [0.5, 0.6) is 0 Å². The number of nitrogens with one attached hydrogen (secondary N) is 1. The average Bonchev–Trinajstić information content (AvgIpc) is 3.16. The maximum Gasteiger partial charge on any atom is 0.223 e. The minimum atomic E-state index is 0.160.